The lowest BCUT2D eigenvalue weighted by molar-refractivity contribution is -0.126. The van der Waals surface area contributed by atoms with E-state index in [0.717, 1.165) is 10.4 Å². The monoisotopic (exact) mass is 406 g/mol. The van der Waals surface area contributed by atoms with E-state index in [2.05, 4.69) is 15.3 Å². The summed E-state index contributed by atoms with van der Waals surface area (Å²) in [5.74, 6) is -0.0708. The highest BCUT2D eigenvalue weighted by atomic mass is 32.1. The molecule has 1 saturated heterocycles. The first-order valence-corrected chi connectivity index (χ1v) is 10.5. The van der Waals surface area contributed by atoms with Crippen molar-refractivity contribution in [2.75, 3.05) is 13.1 Å². The first kappa shape index (κ1) is 19.3. The minimum atomic E-state index is -0.344. The van der Waals surface area contributed by atoms with Crippen LogP contribution in [-0.2, 0) is 4.79 Å². The molecule has 1 unspecified atom stereocenters. The summed E-state index contributed by atoms with van der Waals surface area (Å²) in [6, 6.07) is 13.2. The Kier molecular flexibility index (Phi) is 5.95. The minimum absolute atomic E-state index is 0.00673. The number of piperidine rings is 1. The van der Waals surface area contributed by atoms with Crippen LogP contribution in [0.2, 0.25) is 0 Å². The third-order valence-electron chi connectivity index (χ3n) is 5.18. The number of nitrogens with one attached hydrogen (secondary N) is 1. The molecule has 1 aliphatic heterocycles. The van der Waals surface area contributed by atoms with Crippen molar-refractivity contribution >= 4 is 23.2 Å². The Morgan fingerprint density at radius 3 is 2.52 bits per heavy atom. The van der Waals surface area contributed by atoms with E-state index in [4.69, 9.17) is 0 Å². The zero-order valence-corrected chi connectivity index (χ0v) is 16.7. The van der Waals surface area contributed by atoms with E-state index in [1.165, 1.54) is 11.3 Å². The van der Waals surface area contributed by atoms with E-state index in [-0.39, 0.29) is 23.8 Å². The highest BCUT2D eigenvalue weighted by molar-refractivity contribution is 7.12. The van der Waals surface area contributed by atoms with Crippen molar-refractivity contribution in [1.82, 2.24) is 20.2 Å². The van der Waals surface area contributed by atoms with Crippen molar-refractivity contribution in [1.29, 1.82) is 0 Å². The average Bonchev–Trinajstić information content (AvgIpc) is 3.33. The number of hydrogen-bond acceptors (Lipinski definition) is 5. The van der Waals surface area contributed by atoms with Crippen molar-refractivity contribution in [2.24, 2.45) is 5.92 Å². The molecular weight excluding hydrogens is 384 g/mol. The largest absolute Gasteiger partial charge is 0.343 e. The first-order valence-electron chi connectivity index (χ1n) is 9.66. The summed E-state index contributed by atoms with van der Waals surface area (Å²) in [7, 11) is 0. The number of hydrogen-bond donors (Lipinski definition) is 1. The molecule has 0 radical (unpaired) electrons. The summed E-state index contributed by atoms with van der Waals surface area (Å²) in [5.41, 5.74) is 1.67. The summed E-state index contributed by atoms with van der Waals surface area (Å²) >= 11 is 1.45. The Balaban J connectivity index is 1.42. The number of benzene rings is 1. The van der Waals surface area contributed by atoms with Gasteiger partial charge in [-0.1, -0.05) is 36.4 Å². The van der Waals surface area contributed by atoms with Gasteiger partial charge >= 0.3 is 0 Å². The fraction of sp³-hybridized carbons (Fsp3) is 0.273. The molecule has 0 bridgehead atoms. The van der Waals surface area contributed by atoms with E-state index in [0.29, 0.717) is 31.6 Å². The van der Waals surface area contributed by atoms with Gasteiger partial charge < -0.3 is 10.2 Å². The number of aromatic nitrogens is 2. The molecular formula is C22H22N4O2S. The highest BCUT2D eigenvalue weighted by Crippen LogP contribution is 2.24. The van der Waals surface area contributed by atoms with Gasteiger partial charge in [-0.25, -0.2) is 0 Å². The van der Waals surface area contributed by atoms with Gasteiger partial charge in [-0.2, -0.15) is 0 Å². The molecule has 0 saturated carbocycles. The molecule has 6 nitrogen and oxygen atoms in total. The molecule has 0 aliphatic carbocycles. The molecule has 1 aromatic carbocycles. The van der Waals surface area contributed by atoms with Gasteiger partial charge in [0.25, 0.3) is 5.91 Å². The van der Waals surface area contributed by atoms with Gasteiger partial charge in [-0.05, 0) is 29.9 Å². The third kappa shape index (κ3) is 4.51. The topological polar surface area (TPSA) is 75.2 Å². The van der Waals surface area contributed by atoms with Gasteiger partial charge in [0.05, 0.1) is 22.8 Å². The van der Waals surface area contributed by atoms with Crippen molar-refractivity contribution in [3.05, 3.63) is 82.6 Å². The fourth-order valence-corrected chi connectivity index (χ4v) is 4.28. The molecule has 0 spiro atoms. The van der Waals surface area contributed by atoms with Crippen LogP contribution in [0.3, 0.4) is 0 Å². The van der Waals surface area contributed by atoms with Crippen LogP contribution in [0.15, 0.2) is 66.4 Å². The predicted octanol–water partition coefficient (Wildman–Crippen LogP) is 3.30. The second-order valence-electron chi connectivity index (χ2n) is 7.03. The van der Waals surface area contributed by atoms with Crippen LogP contribution in [0, 0.1) is 5.92 Å². The molecule has 4 rings (SSSR count). The second kappa shape index (κ2) is 8.96. The van der Waals surface area contributed by atoms with Gasteiger partial charge in [0, 0.05) is 31.4 Å². The molecule has 1 fully saturated rings. The van der Waals surface area contributed by atoms with E-state index in [1.807, 2.05) is 52.7 Å². The predicted molar refractivity (Wildman–Crippen MR) is 111 cm³/mol. The standard InChI is InChI=1S/C22H22N4O2S/c27-21(17-8-12-26(13-9-17)22(28)19-7-4-14-29-19)25-20(16-5-2-1-3-6-16)18-15-23-10-11-24-18/h1-7,10-11,14-15,17,20H,8-9,12-13H2,(H,25,27). The van der Waals surface area contributed by atoms with Crippen LogP contribution in [0.25, 0.3) is 0 Å². The Bertz CT molecular complexity index is 900. The molecule has 3 heterocycles. The lowest BCUT2D eigenvalue weighted by atomic mass is 9.94. The highest BCUT2D eigenvalue weighted by Gasteiger charge is 2.30. The zero-order valence-electron chi connectivity index (χ0n) is 15.9. The smallest absolute Gasteiger partial charge is 0.263 e. The molecule has 29 heavy (non-hydrogen) atoms. The normalized spacial score (nSPS) is 15.7. The van der Waals surface area contributed by atoms with Gasteiger partial charge in [-0.3, -0.25) is 19.6 Å². The van der Waals surface area contributed by atoms with Crippen LogP contribution < -0.4 is 5.32 Å². The van der Waals surface area contributed by atoms with Gasteiger partial charge in [0.15, 0.2) is 0 Å². The van der Waals surface area contributed by atoms with Crippen molar-refractivity contribution < 1.29 is 9.59 Å². The Hall–Kier alpha value is -3.06. The van der Waals surface area contributed by atoms with Crippen molar-refractivity contribution in [3.8, 4) is 0 Å². The van der Waals surface area contributed by atoms with Gasteiger partial charge in [-0.15, -0.1) is 11.3 Å². The molecule has 1 aliphatic rings. The van der Waals surface area contributed by atoms with E-state index < -0.39 is 0 Å². The Labute approximate surface area is 173 Å². The van der Waals surface area contributed by atoms with Gasteiger partial charge in [0.1, 0.15) is 0 Å². The van der Waals surface area contributed by atoms with Crippen LogP contribution in [0.1, 0.15) is 39.8 Å². The lowest BCUT2D eigenvalue weighted by Crippen LogP contribution is -2.43. The number of thiophene rings is 1. The number of carbonyl (C=O) groups is 2. The maximum absolute atomic E-state index is 13.0. The van der Waals surface area contributed by atoms with Crippen LogP contribution >= 0.6 is 11.3 Å². The average molecular weight is 407 g/mol. The molecule has 1 N–H and O–H groups in total. The SMILES string of the molecule is O=C(NC(c1ccccc1)c1cnccn1)C1CCN(C(=O)c2cccs2)CC1. The summed E-state index contributed by atoms with van der Waals surface area (Å²) in [6.45, 7) is 1.19. The number of nitrogens with zero attached hydrogens (tertiary/aromatic N) is 3. The molecule has 1 atom stereocenters. The third-order valence-corrected chi connectivity index (χ3v) is 6.04. The zero-order chi connectivity index (χ0) is 20.1. The fourth-order valence-electron chi connectivity index (χ4n) is 3.59. The maximum Gasteiger partial charge on any atom is 0.263 e. The summed E-state index contributed by atoms with van der Waals surface area (Å²) in [6.07, 6.45) is 6.25. The van der Waals surface area contributed by atoms with Crippen LogP contribution in [0.5, 0.6) is 0 Å². The van der Waals surface area contributed by atoms with E-state index in [9.17, 15) is 9.59 Å². The minimum Gasteiger partial charge on any atom is -0.343 e. The summed E-state index contributed by atoms with van der Waals surface area (Å²) in [5, 5.41) is 5.05. The van der Waals surface area contributed by atoms with E-state index >= 15 is 0 Å². The van der Waals surface area contributed by atoms with Crippen molar-refractivity contribution in [3.63, 3.8) is 0 Å². The summed E-state index contributed by atoms with van der Waals surface area (Å²) in [4.78, 5) is 36.6. The maximum atomic E-state index is 13.0. The number of carbonyl (C=O) groups excluding carboxylic acids is 2. The molecule has 2 aromatic heterocycles. The van der Waals surface area contributed by atoms with Crippen LogP contribution in [-0.4, -0.2) is 39.8 Å². The number of likely N-dealkylation sites (tertiary alicyclic amines) is 1. The second-order valence-corrected chi connectivity index (χ2v) is 7.97. The molecule has 7 heteroatoms. The summed E-state index contributed by atoms with van der Waals surface area (Å²) < 4.78 is 0. The van der Waals surface area contributed by atoms with Gasteiger partial charge in [0.2, 0.25) is 5.91 Å². The number of rotatable bonds is 5. The lowest BCUT2D eigenvalue weighted by Gasteiger charge is -2.32. The van der Waals surface area contributed by atoms with Crippen LogP contribution in [0.4, 0.5) is 0 Å². The Morgan fingerprint density at radius 2 is 1.86 bits per heavy atom. The first-order chi connectivity index (χ1) is 14.2. The van der Waals surface area contributed by atoms with Crippen molar-refractivity contribution in [2.45, 2.75) is 18.9 Å². The molecule has 3 aromatic rings. The number of amides is 2. The molecule has 2 amide bonds. The quantitative estimate of drug-likeness (QED) is 0.705. The van der Waals surface area contributed by atoms with E-state index in [1.54, 1.807) is 18.6 Å². The Morgan fingerprint density at radius 1 is 1.07 bits per heavy atom. The molecule has 148 valence electrons.